The van der Waals surface area contributed by atoms with Crippen molar-refractivity contribution in [2.24, 2.45) is 0 Å². The second-order valence-electron chi connectivity index (χ2n) is 5.42. The quantitative estimate of drug-likeness (QED) is 0.649. The molecule has 0 amide bonds. The van der Waals surface area contributed by atoms with Gasteiger partial charge in [0.2, 0.25) is 5.88 Å². The molecule has 0 aliphatic heterocycles. The Morgan fingerprint density at radius 3 is 2.36 bits per heavy atom. The Kier molecular flexibility index (Phi) is 7.24. The highest BCUT2D eigenvalue weighted by molar-refractivity contribution is 5.73. The van der Waals surface area contributed by atoms with Crippen molar-refractivity contribution in [1.29, 1.82) is 5.26 Å². The largest absolute Gasteiger partial charge is 0.474 e. The number of pyridine rings is 1. The van der Waals surface area contributed by atoms with Gasteiger partial charge in [0.15, 0.2) is 0 Å². The number of nitriles is 1. The van der Waals surface area contributed by atoms with Crippen LogP contribution < -0.4 is 9.64 Å². The fraction of sp³-hybridized carbons (Fsp3) is 0.400. The summed E-state index contributed by atoms with van der Waals surface area (Å²) in [6.45, 7) is 9.63. The van der Waals surface area contributed by atoms with Crippen molar-refractivity contribution in [2.45, 2.75) is 20.8 Å². The molecular weight excluding hydrogens is 314 g/mol. The molecule has 0 radical (unpaired) electrons. The van der Waals surface area contributed by atoms with Crippen LogP contribution in [0.5, 0.6) is 5.88 Å². The highest BCUT2D eigenvalue weighted by Crippen LogP contribution is 2.29. The highest BCUT2D eigenvalue weighted by Gasteiger charge is 2.13. The van der Waals surface area contributed by atoms with Gasteiger partial charge in [0.25, 0.3) is 0 Å². The van der Waals surface area contributed by atoms with Crippen molar-refractivity contribution in [1.82, 2.24) is 4.98 Å². The molecule has 0 unspecified atom stereocenters. The molecule has 5 nitrogen and oxygen atoms in total. The predicted molar refractivity (Wildman–Crippen MR) is 99.9 cm³/mol. The van der Waals surface area contributed by atoms with E-state index in [1.165, 1.54) is 5.69 Å². The van der Waals surface area contributed by atoms with Crippen LogP contribution in [0.25, 0.3) is 11.1 Å². The van der Waals surface area contributed by atoms with Gasteiger partial charge in [-0.05, 0) is 44.5 Å². The molecule has 25 heavy (non-hydrogen) atoms. The summed E-state index contributed by atoms with van der Waals surface area (Å²) in [4.78, 5) is 6.48. The summed E-state index contributed by atoms with van der Waals surface area (Å²) in [6, 6.07) is 12.3. The molecular formula is C20H25N3O2. The van der Waals surface area contributed by atoms with Crippen LogP contribution in [0.1, 0.15) is 26.3 Å². The maximum Gasteiger partial charge on any atom is 0.232 e. The van der Waals surface area contributed by atoms with Gasteiger partial charge >= 0.3 is 0 Å². The van der Waals surface area contributed by atoms with Crippen molar-refractivity contribution >= 4 is 5.69 Å². The predicted octanol–water partition coefficient (Wildman–Crippen LogP) is 3.88. The smallest absolute Gasteiger partial charge is 0.232 e. The number of hydrogen-bond acceptors (Lipinski definition) is 5. The van der Waals surface area contributed by atoms with E-state index in [1.54, 1.807) is 6.20 Å². The number of anilines is 1. The molecule has 0 bridgehead atoms. The van der Waals surface area contributed by atoms with Gasteiger partial charge in [-0.3, -0.25) is 0 Å². The van der Waals surface area contributed by atoms with E-state index in [9.17, 15) is 5.26 Å². The topological polar surface area (TPSA) is 58.4 Å². The van der Waals surface area contributed by atoms with Crippen LogP contribution in [0.2, 0.25) is 0 Å². The minimum Gasteiger partial charge on any atom is -0.474 e. The summed E-state index contributed by atoms with van der Waals surface area (Å²) >= 11 is 0. The van der Waals surface area contributed by atoms with E-state index in [0.29, 0.717) is 31.3 Å². The van der Waals surface area contributed by atoms with Crippen LogP contribution in [0, 0.1) is 11.3 Å². The van der Waals surface area contributed by atoms with Crippen molar-refractivity contribution < 1.29 is 9.47 Å². The standard InChI is InChI=1S/C20H25N3O2/c1-4-23(5-2)17-9-7-16(8-10-17)18-11-12-22-20(19(18)15-21)25-14-13-24-6-3/h7-12H,4-6,13-14H2,1-3H3. The van der Waals surface area contributed by atoms with Crippen molar-refractivity contribution in [3.63, 3.8) is 0 Å². The van der Waals surface area contributed by atoms with E-state index in [2.05, 4.69) is 41.9 Å². The lowest BCUT2D eigenvalue weighted by molar-refractivity contribution is 0.108. The fourth-order valence-electron chi connectivity index (χ4n) is 2.68. The third-order valence-electron chi connectivity index (χ3n) is 4.01. The fourth-order valence-corrected chi connectivity index (χ4v) is 2.68. The monoisotopic (exact) mass is 339 g/mol. The molecule has 2 aromatic rings. The van der Waals surface area contributed by atoms with Gasteiger partial charge in [0.05, 0.1) is 6.61 Å². The minimum atomic E-state index is 0.354. The van der Waals surface area contributed by atoms with E-state index >= 15 is 0 Å². The van der Waals surface area contributed by atoms with E-state index < -0.39 is 0 Å². The van der Waals surface area contributed by atoms with Crippen LogP contribution in [0.4, 0.5) is 5.69 Å². The Hall–Kier alpha value is -2.58. The molecule has 0 fully saturated rings. The lowest BCUT2D eigenvalue weighted by Gasteiger charge is -2.21. The number of hydrogen-bond donors (Lipinski definition) is 0. The molecule has 1 heterocycles. The molecule has 1 aromatic carbocycles. The lowest BCUT2D eigenvalue weighted by Crippen LogP contribution is -2.21. The maximum atomic E-state index is 9.57. The zero-order valence-electron chi connectivity index (χ0n) is 15.2. The molecule has 5 heteroatoms. The Balaban J connectivity index is 2.25. The molecule has 2 rings (SSSR count). The van der Waals surface area contributed by atoms with Gasteiger partial charge in [-0.25, -0.2) is 4.98 Å². The van der Waals surface area contributed by atoms with Crippen molar-refractivity contribution in [3.05, 3.63) is 42.1 Å². The molecule has 0 aliphatic carbocycles. The van der Waals surface area contributed by atoms with Crippen molar-refractivity contribution in [3.8, 4) is 23.1 Å². The SMILES string of the molecule is CCOCCOc1nccc(-c2ccc(N(CC)CC)cc2)c1C#N. The first-order valence-corrected chi connectivity index (χ1v) is 8.70. The summed E-state index contributed by atoms with van der Waals surface area (Å²) in [5.41, 5.74) is 3.43. The number of aromatic nitrogens is 1. The Bertz CT molecular complexity index is 704. The third-order valence-corrected chi connectivity index (χ3v) is 4.01. The Morgan fingerprint density at radius 2 is 1.76 bits per heavy atom. The summed E-state index contributed by atoms with van der Waals surface area (Å²) in [5.74, 6) is 0.354. The first-order valence-electron chi connectivity index (χ1n) is 8.70. The summed E-state index contributed by atoms with van der Waals surface area (Å²) < 4.78 is 10.9. The first-order chi connectivity index (χ1) is 12.2. The van der Waals surface area contributed by atoms with Crippen LogP contribution in [-0.2, 0) is 4.74 Å². The molecule has 1 aromatic heterocycles. The average Bonchev–Trinajstić information content (AvgIpc) is 2.66. The molecule has 0 atom stereocenters. The lowest BCUT2D eigenvalue weighted by atomic mass is 10.0. The van der Waals surface area contributed by atoms with Gasteiger partial charge in [-0.1, -0.05) is 12.1 Å². The number of rotatable bonds is 9. The number of nitrogens with zero attached hydrogens (tertiary/aromatic N) is 3. The molecule has 0 N–H and O–H groups in total. The average molecular weight is 339 g/mol. The molecule has 0 saturated carbocycles. The van der Waals surface area contributed by atoms with E-state index in [0.717, 1.165) is 24.2 Å². The maximum absolute atomic E-state index is 9.57. The molecule has 0 aliphatic rings. The summed E-state index contributed by atoms with van der Waals surface area (Å²) in [6.07, 6.45) is 1.67. The third kappa shape index (κ3) is 4.71. The summed E-state index contributed by atoms with van der Waals surface area (Å²) in [5, 5.41) is 9.57. The van der Waals surface area contributed by atoms with Crippen molar-refractivity contribution in [2.75, 3.05) is 37.8 Å². The van der Waals surface area contributed by atoms with Gasteiger partial charge in [-0.2, -0.15) is 5.26 Å². The zero-order chi connectivity index (χ0) is 18.1. The minimum absolute atomic E-state index is 0.354. The van der Waals surface area contributed by atoms with Crippen LogP contribution in [0.15, 0.2) is 36.5 Å². The van der Waals surface area contributed by atoms with Crippen LogP contribution in [-0.4, -0.2) is 37.9 Å². The normalized spacial score (nSPS) is 10.3. The van der Waals surface area contributed by atoms with E-state index in [1.807, 2.05) is 25.1 Å². The second kappa shape index (κ2) is 9.65. The first kappa shape index (κ1) is 18.8. The number of ether oxygens (including phenoxy) is 2. The van der Waals surface area contributed by atoms with Gasteiger partial charge in [0, 0.05) is 37.1 Å². The Labute approximate surface area is 149 Å². The molecule has 0 spiro atoms. The second-order valence-corrected chi connectivity index (χ2v) is 5.42. The van der Waals surface area contributed by atoms with Crippen LogP contribution >= 0.6 is 0 Å². The van der Waals surface area contributed by atoms with E-state index in [4.69, 9.17) is 9.47 Å². The van der Waals surface area contributed by atoms with E-state index in [-0.39, 0.29) is 0 Å². The summed E-state index contributed by atoms with van der Waals surface area (Å²) in [7, 11) is 0. The van der Waals surface area contributed by atoms with Gasteiger partial charge in [0.1, 0.15) is 18.2 Å². The molecule has 132 valence electrons. The molecule has 0 saturated heterocycles. The zero-order valence-corrected chi connectivity index (χ0v) is 15.2. The number of benzene rings is 1. The highest BCUT2D eigenvalue weighted by atomic mass is 16.5. The van der Waals surface area contributed by atoms with Crippen LogP contribution in [0.3, 0.4) is 0 Å². The Morgan fingerprint density at radius 1 is 1.04 bits per heavy atom. The van der Waals surface area contributed by atoms with Gasteiger partial charge in [-0.15, -0.1) is 0 Å². The van der Waals surface area contributed by atoms with Gasteiger partial charge < -0.3 is 14.4 Å².